The average molecular weight is 288 g/mol. The van der Waals surface area contributed by atoms with Gasteiger partial charge in [0.1, 0.15) is 23.5 Å². The lowest BCUT2D eigenvalue weighted by Crippen LogP contribution is -2.10. The minimum atomic E-state index is -0.580. The number of hydrogen-bond donors (Lipinski definition) is 1. The summed E-state index contributed by atoms with van der Waals surface area (Å²) in [5, 5.41) is 11.4. The number of nitriles is 1. The summed E-state index contributed by atoms with van der Waals surface area (Å²) in [5.74, 6) is -0.597. The van der Waals surface area contributed by atoms with Crippen LogP contribution in [-0.2, 0) is 0 Å². The highest BCUT2D eigenvalue weighted by molar-refractivity contribution is 5.48. The van der Waals surface area contributed by atoms with Crippen LogP contribution in [0.1, 0.15) is 18.5 Å². The molecule has 2 aromatic rings. The highest BCUT2D eigenvalue weighted by atomic mass is 19.1. The minimum Gasteiger partial charge on any atom is -0.479 e. The summed E-state index contributed by atoms with van der Waals surface area (Å²) in [6, 6.07) is 12.0. The number of ether oxygens (including phenoxy) is 1. The lowest BCUT2D eigenvalue weighted by atomic mass is 10.1. The van der Waals surface area contributed by atoms with Crippen LogP contribution in [-0.4, -0.2) is 6.61 Å². The van der Waals surface area contributed by atoms with Gasteiger partial charge >= 0.3 is 0 Å². The predicted molar refractivity (Wildman–Crippen MR) is 75.9 cm³/mol. The number of benzene rings is 2. The molecule has 21 heavy (non-hydrogen) atoms. The number of anilines is 1. The van der Waals surface area contributed by atoms with Gasteiger partial charge in [0.05, 0.1) is 6.04 Å². The molecule has 0 fully saturated rings. The van der Waals surface area contributed by atoms with Gasteiger partial charge in [-0.3, -0.25) is 0 Å². The second kappa shape index (κ2) is 6.71. The number of rotatable bonds is 5. The van der Waals surface area contributed by atoms with Crippen molar-refractivity contribution < 1.29 is 13.5 Å². The largest absolute Gasteiger partial charge is 0.479 e. The summed E-state index contributed by atoms with van der Waals surface area (Å²) in [5.41, 5.74) is 0.705. The average Bonchev–Trinajstić information content (AvgIpc) is 2.46. The van der Waals surface area contributed by atoms with E-state index in [4.69, 9.17) is 10.00 Å². The Morgan fingerprint density at radius 2 is 1.76 bits per heavy atom. The molecule has 1 atom stereocenters. The van der Waals surface area contributed by atoms with Crippen molar-refractivity contribution in [3.8, 4) is 11.8 Å². The third-order valence-corrected chi connectivity index (χ3v) is 2.97. The topological polar surface area (TPSA) is 45.0 Å². The van der Waals surface area contributed by atoms with Crippen LogP contribution in [0.5, 0.6) is 5.75 Å². The fraction of sp³-hybridized carbons (Fsp3) is 0.188. The SMILES string of the molecule is CC(Nc1ccc(OCC#N)cc1)c1c(F)cccc1F. The molecule has 0 bridgehead atoms. The Hall–Kier alpha value is -2.61. The molecule has 0 spiro atoms. The molecule has 3 nitrogen and oxygen atoms in total. The maximum atomic E-state index is 13.7. The van der Waals surface area contributed by atoms with Crippen molar-refractivity contribution in [2.75, 3.05) is 11.9 Å². The fourth-order valence-corrected chi connectivity index (χ4v) is 2.01. The predicted octanol–water partition coefficient (Wildman–Crippen LogP) is 4.04. The van der Waals surface area contributed by atoms with E-state index in [2.05, 4.69) is 5.32 Å². The van der Waals surface area contributed by atoms with Gasteiger partial charge in [0.25, 0.3) is 0 Å². The molecule has 0 saturated carbocycles. The standard InChI is InChI=1S/C16H14F2N2O/c1-11(16-14(17)3-2-4-15(16)18)20-12-5-7-13(8-6-12)21-10-9-19/h2-8,11,20H,10H2,1H3. The zero-order valence-corrected chi connectivity index (χ0v) is 11.4. The van der Waals surface area contributed by atoms with Crippen LogP contribution >= 0.6 is 0 Å². The van der Waals surface area contributed by atoms with Crippen molar-refractivity contribution in [3.05, 3.63) is 59.7 Å². The van der Waals surface area contributed by atoms with E-state index >= 15 is 0 Å². The first-order chi connectivity index (χ1) is 10.1. The molecule has 108 valence electrons. The van der Waals surface area contributed by atoms with Crippen LogP contribution < -0.4 is 10.1 Å². The monoisotopic (exact) mass is 288 g/mol. The van der Waals surface area contributed by atoms with Crippen LogP contribution in [0.2, 0.25) is 0 Å². The molecule has 0 radical (unpaired) electrons. The molecule has 0 saturated heterocycles. The molecule has 2 rings (SSSR count). The van der Waals surface area contributed by atoms with E-state index in [1.807, 2.05) is 6.07 Å². The third kappa shape index (κ3) is 3.69. The lowest BCUT2D eigenvalue weighted by Gasteiger charge is -2.17. The third-order valence-electron chi connectivity index (χ3n) is 2.97. The Kier molecular flexibility index (Phi) is 4.72. The minimum absolute atomic E-state index is 0.00214. The van der Waals surface area contributed by atoms with E-state index in [-0.39, 0.29) is 12.2 Å². The van der Waals surface area contributed by atoms with Crippen molar-refractivity contribution in [2.24, 2.45) is 0 Å². The molecule has 0 amide bonds. The first kappa shape index (κ1) is 14.8. The van der Waals surface area contributed by atoms with Crippen LogP contribution in [0.4, 0.5) is 14.5 Å². The van der Waals surface area contributed by atoms with Crippen molar-refractivity contribution in [2.45, 2.75) is 13.0 Å². The van der Waals surface area contributed by atoms with Gasteiger partial charge in [-0.15, -0.1) is 0 Å². The van der Waals surface area contributed by atoms with Crippen LogP contribution in [0.3, 0.4) is 0 Å². The highest BCUT2D eigenvalue weighted by Gasteiger charge is 2.15. The molecule has 0 aliphatic rings. The van der Waals surface area contributed by atoms with Crippen molar-refractivity contribution >= 4 is 5.69 Å². The van der Waals surface area contributed by atoms with Gasteiger partial charge in [-0.05, 0) is 43.3 Å². The van der Waals surface area contributed by atoms with E-state index in [0.717, 1.165) is 0 Å². The lowest BCUT2D eigenvalue weighted by molar-refractivity contribution is 0.368. The summed E-state index contributed by atoms with van der Waals surface area (Å²) < 4.78 is 32.5. The Balaban J connectivity index is 2.09. The van der Waals surface area contributed by atoms with Crippen molar-refractivity contribution in [1.29, 1.82) is 5.26 Å². The molecular weight excluding hydrogens is 274 g/mol. The molecular formula is C16H14F2N2O. The maximum Gasteiger partial charge on any atom is 0.174 e. The van der Waals surface area contributed by atoms with Crippen molar-refractivity contribution in [1.82, 2.24) is 0 Å². The summed E-state index contributed by atoms with van der Waals surface area (Å²) in [4.78, 5) is 0. The van der Waals surface area contributed by atoms with E-state index < -0.39 is 17.7 Å². The zero-order chi connectivity index (χ0) is 15.2. The maximum absolute atomic E-state index is 13.7. The van der Waals surface area contributed by atoms with Gasteiger partial charge in [-0.2, -0.15) is 5.26 Å². The first-order valence-electron chi connectivity index (χ1n) is 6.42. The van der Waals surface area contributed by atoms with Gasteiger partial charge in [0.2, 0.25) is 0 Å². The number of hydrogen-bond acceptors (Lipinski definition) is 3. The van der Waals surface area contributed by atoms with E-state index in [1.165, 1.54) is 18.2 Å². The molecule has 5 heteroatoms. The van der Waals surface area contributed by atoms with Gasteiger partial charge in [0.15, 0.2) is 6.61 Å². The Bertz CT molecular complexity index is 630. The molecule has 0 aliphatic carbocycles. The summed E-state index contributed by atoms with van der Waals surface area (Å²) >= 11 is 0. The summed E-state index contributed by atoms with van der Waals surface area (Å²) in [6.45, 7) is 1.66. The fourth-order valence-electron chi connectivity index (χ4n) is 2.01. The molecule has 0 heterocycles. The second-order valence-corrected chi connectivity index (χ2v) is 4.47. The smallest absolute Gasteiger partial charge is 0.174 e. The second-order valence-electron chi connectivity index (χ2n) is 4.47. The molecule has 0 aliphatic heterocycles. The summed E-state index contributed by atoms with van der Waals surface area (Å²) in [6.07, 6.45) is 0. The van der Waals surface area contributed by atoms with Gasteiger partial charge in [0, 0.05) is 11.3 Å². The molecule has 2 aromatic carbocycles. The Morgan fingerprint density at radius 3 is 2.33 bits per heavy atom. The van der Waals surface area contributed by atoms with Crippen LogP contribution in [0, 0.1) is 23.0 Å². The Morgan fingerprint density at radius 1 is 1.14 bits per heavy atom. The molecule has 1 unspecified atom stereocenters. The van der Waals surface area contributed by atoms with Gasteiger partial charge in [-0.25, -0.2) is 8.78 Å². The Labute approximate surface area is 121 Å². The van der Waals surface area contributed by atoms with E-state index in [0.29, 0.717) is 11.4 Å². The summed E-state index contributed by atoms with van der Waals surface area (Å²) in [7, 11) is 0. The molecule has 1 N–H and O–H groups in total. The number of halogens is 2. The quantitative estimate of drug-likeness (QED) is 0.903. The van der Waals surface area contributed by atoms with Crippen molar-refractivity contribution in [3.63, 3.8) is 0 Å². The normalized spacial score (nSPS) is 11.5. The van der Waals surface area contributed by atoms with Crippen LogP contribution in [0.25, 0.3) is 0 Å². The van der Waals surface area contributed by atoms with Crippen LogP contribution in [0.15, 0.2) is 42.5 Å². The highest BCUT2D eigenvalue weighted by Crippen LogP contribution is 2.25. The van der Waals surface area contributed by atoms with Gasteiger partial charge < -0.3 is 10.1 Å². The molecule has 0 aromatic heterocycles. The zero-order valence-electron chi connectivity index (χ0n) is 11.4. The number of nitrogens with zero attached hydrogens (tertiary/aromatic N) is 1. The first-order valence-corrected chi connectivity index (χ1v) is 6.42. The van der Waals surface area contributed by atoms with E-state index in [9.17, 15) is 8.78 Å². The number of nitrogens with one attached hydrogen (secondary N) is 1. The van der Waals surface area contributed by atoms with Gasteiger partial charge in [-0.1, -0.05) is 6.07 Å². The van der Waals surface area contributed by atoms with E-state index in [1.54, 1.807) is 31.2 Å².